The molecule has 0 aliphatic carbocycles. The molecule has 0 spiro atoms. The number of nitrogens with one attached hydrogen (secondary N) is 1. The van der Waals surface area contributed by atoms with E-state index in [-0.39, 0.29) is 11.9 Å². The zero-order valence-electron chi connectivity index (χ0n) is 15.9. The molecule has 2 fully saturated rings. The number of likely N-dealkylation sites (tertiary alicyclic amines) is 1. The molecule has 1 N–H and O–H groups in total. The van der Waals surface area contributed by atoms with Crippen LogP contribution in [0.3, 0.4) is 0 Å². The number of aromatic nitrogens is 2. The van der Waals surface area contributed by atoms with Crippen molar-refractivity contribution < 1.29 is 9.32 Å². The maximum Gasteiger partial charge on any atom is 0.239 e. The third-order valence-corrected chi connectivity index (χ3v) is 5.12. The molecule has 0 aromatic carbocycles. The number of hydrogen-bond donors (Lipinski definition) is 1. The van der Waals surface area contributed by atoms with Crippen molar-refractivity contribution in [1.82, 2.24) is 30.2 Å². The zero-order chi connectivity index (χ0) is 18.5. The van der Waals surface area contributed by atoms with Crippen LogP contribution in [0.15, 0.2) is 9.52 Å². The second kappa shape index (κ2) is 8.48. The number of aryl methyl sites for hydroxylation is 1. The summed E-state index contributed by atoms with van der Waals surface area (Å²) < 4.78 is 4.98. The molecule has 0 bridgehead atoms. The van der Waals surface area contributed by atoms with Gasteiger partial charge in [-0.25, -0.2) is 0 Å². The van der Waals surface area contributed by atoms with E-state index < -0.39 is 0 Å². The van der Waals surface area contributed by atoms with Gasteiger partial charge in [-0.3, -0.25) is 14.7 Å². The lowest BCUT2D eigenvalue weighted by atomic mass is 10.2. The van der Waals surface area contributed by atoms with Crippen LogP contribution in [0, 0.1) is 6.92 Å². The van der Waals surface area contributed by atoms with Crippen LogP contribution in [0.2, 0.25) is 0 Å². The van der Waals surface area contributed by atoms with Gasteiger partial charge in [0.2, 0.25) is 11.8 Å². The highest BCUT2D eigenvalue weighted by Gasteiger charge is 2.30. The fraction of sp³-hybridized carbons (Fsp3) is 0.765. The van der Waals surface area contributed by atoms with Gasteiger partial charge in [0, 0.05) is 53.2 Å². The number of nitrogens with zero attached hydrogens (tertiary/aromatic N) is 6. The van der Waals surface area contributed by atoms with E-state index in [0.29, 0.717) is 18.3 Å². The van der Waals surface area contributed by atoms with Crippen LogP contribution in [0.4, 0.5) is 0 Å². The Labute approximate surface area is 154 Å². The quantitative estimate of drug-likeness (QED) is 0.598. The van der Waals surface area contributed by atoms with E-state index in [1.165, 1.54) is 0 Å². The predicted octanol–water partition coefficient (Wildman–Crippen LogP) is 0.0819. The molecule has 1 atom stereocenters. The van der Waals surface area contributed by atoms with Crippen LogP contribution in [0.25, 0.3) is 0 Å². The number of hydrogen-bond acceptors (Lipinski definition) is 6. The first-order chi connectivity index (χ1) is 12.6. The number of guanidine groups is 1. The van der Waals surface area contributed by atoms with E-state index >= 15 is 0 Å². The van der Waals surface area contributed by atoms with Crippen LogP contribution in [0.1, 0.15) is 31.5 Å². The molecular formula is C17H29N7O2. The van der Waals surface area contributed by atoms with Crippen molar-refractivity contribution in [3.8, 4) is 0 Å². The molecule has 144 valence electrons. The maximum absolute atomic E-state index is 12.6. The summed E-state index contributed by atoms with van der Waals surface area (Å²) in [6.45, 7) is 9.48. The Kier molecular flexibility index (Phi) is 6.08. The van der Waals surface area contributed by atoms with Crippen LogP contribution in [-0.2, 0) is 11.3 Å². The number of carbonyl (C=O) groups is 1. The Morgan fingerprint density at radius 3 is 2.46 bits per heavy atom. The summed E-state index contributed by atoms with van der Waals surface area (Å²) in [4.78, 5) is 27.6. The first-order valence-electron chi connectivity index (χ1n) is 9.36. The fourth-order valence-corrected chi connectivity index (χ4v) is 3.58. The van der Waals surface area contributed by atoms with Crippen LogP contribution in [0.5, 0.6) is 0 Å². The van der Waals surface area contributed by atoms with E-state index in [9.17, 15) is 4.79 Å². The van der Waals surface area contributed by atoms with Crippen molar-refractivity contribution in [3.63, 3.8) is 0 Å². The Bertz CT molecular complexity index is 631. The number of carbonyl (C=O) groups excluding carboxylic acids is 1. The first kappa shape index (κ1) is 18.6. The molecule has 0 saturated carbocycles. The van der Waals surface area contributed by atoms with Crippen molar-refractivity contribution in [1.29, 1.82) is 0 Å². The molecule has 9 nitrogen and oxygen atoms in total. The molecule has 3 rings (SSSR count). The first-order valence-corrected chi connectivity index (χ1v) is 9.36. The molecule has 2 saturated heterocycles. The summed E-state index contributed by atoms with van der Waals surface area (Å²) in [5.74, 6) is 2.27. The average Bonchev–Trinajstić information content (AvgIpc) is 3.33. The third-order valence-electron chi connectivity index (χ3n) is 5.12. The minimum atomic E-state index is -0.0486. The highest BCUT2D eigenvalue weighted by Crippen LogP contribution is 2.14. The number of rotatable bonds is 4. The monoisotopic (exact) mass is 363 g/mol. The zero-order valence-corrected chi connectivity index (χ0v) is 15.9. The van der Waals surface area contributed by atoms with Crippen LogP contribution < -0.4 is 5.32 Å². The highest BCUT2D eigenvalue weighted by atomic mass is 16.5. The third kappa shape index (κ3) is 4.32. The largest absolute Gasteiger partial charge is 0.349 e. The molecule has 2 aliphatic heterocycles. The van der Waals surface area contributed by atoms with Gasteiger partial charge in [-0.15, -0.1) is 0 Å². The van der Waals surface area contributed by atoms with Gasteiger partial charge in [0.15, 0.2) is 11.8 Å². The minimum Gasteiger partial charge on any atom is -0.349 e. The minimum absolute atomic E-state index is 0.0486. The molecule has 9 heteroatoms. The smallest absolute Gasteiger partial charge is 0.239 e. The van der Waals surface area contributed by atoms with Gasteiger partial charge in [0.1, 0.15) is 0 Å². The second-order valence-electron chi connectivity index (χ2n) is 6.86. The van der Waals surface area contributed by atoms with Gasteiger partial charge < -0.3 is 19.6 Å². The predicted molar refractivity (Wildman–Crippen MR) is 97.7 cm³/mol. The summed E-state index contributed by atoms with van der Waals surface area (Å²) in [6, 6.07) is -0.0486. The summed E-state index contributed by atoms with van der Waals surface area (Å²) in [5.41, 5.74) is 0. The molecule has 0 radical (unpaired) electrons. The molecular weight excluding hydrogens is 334 g/mol. The lowest BCUT2D eigenvalue weighted by molar-refractivity contribution is -0.135. The summed E-state index contributed by atoms with van der Waals surface area (Å²) in [5, 5.41) is 7.16. The Morgan fingerprint density at radius 2 is 1.88 bits per heavy atom. The van der Waals surface area contributed by atoms with Gasteiger partial charge in [-0.1, -0.05) is 5.16 Å². The summed E-state index contributed by atoms with van der Waals surface area (Å²) >= 11 is 0. The van der Waals surface area contributed by atoms with Crippen molar-refractivity contribution in [2.75, 3.05) is 46.3 Å². The van der Waals surface area contributed by atoms with Gasteiger partial charge >= 0.3 is 0 Å². The lowest BCUT2D eigenvalue weighted by Gasteiger charge is -2.39. The molecule has 1 aromatic rings. The molecule has 26 heavy (non-hydrogen) atoms. The lowest BCUT2D eigenvalue weighted by Crippen LogP contribution is -2.57. The Balaban J connectivity index is 1.47. The van der Waals surface area contributed by atoms with E-state index in [1.807, 2.05) is 11.8 Å². The van der Waals surface area contributed by atoms with Gasteiger partial charge in [0.25, 0.3) is 0 Å². The van der Waals surface area contributed by atoms with Crippen molar-refractivity contribution >= 4 is 11.9 Å². The SMILES string of the molecule is CN=C(NCc1noc(C)n1)N1CCN(C(C)C(=O)N2CCCC2)CC1. The van der Waals surface area contributed by atoms with Crippen molar-refractivity contribution in [2.45, 2.75) is 39.3 Å². The van der Waals surface area contributed by atoms with Crippen LogP contribution >= 0.6 is 0 Å². The molecule has 1 amide bonds. The average molecular weight is 363 g/mol. The number of amides is 1. The maximum atomic E-state index is 12.6. The Hall–Kier alpha value is -2.16. The van der Waals surface area contributed by atoms with Gasteiger partial charge in [-0.2, -0.15) is 4.98 Å². The number of aliphatic imine (C=N–C) groups is 1. The Morgan fingerprint density at radius 1 is 1.19 bits per heavy atom. The summed E-state index contributed by atoms with van der Waals surface area (Å²) in [6.07, 6.45) is 2.27. The molecule has 3 heterocycles. The topological polar surface area (TPSA) is 90.1 Å². The second-order valence-corrected chi connectivity index (χ2v) is 6.86. The van der Waals surface area contributed by atoms with Gasteiger partial charge in [0.05, 0.1) is 12.6 Å². The van der Waals surface area contributed by atoms with Crippen molar-refractivity contribution in [3.05, 3.63) is 11.7 Å². The van der Waals surface area contributed by atoms with Gasteiger partial charge in [-0.05, 0) is 19.8 Å². The fourth-order valence-electron chi connectivity index (χ4n) is 3.58. The van der Waals surface area contributed by atoms with Crippen molar-refractivity contribution in [2.24, 2.45) is 4.99 Å². The molecule has 1 aromatic heterocycles. The van der Waals surface area contributed by atoms with E-state index in [1.54, 1.807) is 14.0 Å². The van der Waals surface area contributed by atoms with E-state index in [2.05, 4.69) is 30.2 Å². The summed E-state index contributed by atoms with van der Waals surface area (Å²) in [7, 11) is 1.77. The molecule has 2 aliphatic rings. The van der Waals surface area contributed by atoms with Crippen LogP contribution in [-0.4, -0.2) is 89.1 Å². The highest BCUT2D eigenvalue weighted by molar-refractivity contribution is 5.82. The van der Waals surface area contributed by atoms with E-state index in [0.717, 1.165) is 58.1 Å². The number of piperazine rings is 1. The standard InChI is InChI=1S/C17H29N7O2/c1-13(16(25)23-6-4-5-7-23)22-8-10-24(11-9-22)17(18-3)19-12-15-20-14(2)26-21-15/h13H,4-12H2,1-3H3,(H,18,19). The normalized spacial score (nSPS) is 20.5. The molecule has 1 unspecified atom stereocenters. The van der Waals surface area contributed by atoms with E-state index in [4.69, 9.17) is 4.52 Å².